The average Bonchev–Trinajstić information content (AvgIpc) is 2.61. The second kappa shape index (κ2) is 9.94. The minimum absolute atomic E-state index is 0.135. The highest BCUT2D eigenvalue weighted by molar-refractivity contribution is 9.10. The summed E-state index contributed by atoms with van der Waals surface area (Å²) < 4.78 is 11.3. The van der Waals surface area contributed by atoms with Crippen LogP contribution in [0.15, 0.2) is 46.0 Å². The third-order valence-electron chi connectivity index (χ3n) is 3.17. The number of benzene rings is 2. The molecule has 0 spiro atoms. The van der Waals surface area contributed by atoms with E-state index in [-0.39, 0.29) is 22.4 Å². The lowest BCUT2D eigenvalue weighted by Crippen LogP contribution is -2.18. The number of carboxylic acid groups (broad SMARTS) is 1. The molecule has 0 aliphatic heterocycles. The molecule has 0 heterocycles. The molecule has 0 unspecified atom stereocenters. The van der Waals surface area contributed by atoms with Crippen molar-refractivity contribution in [1.29, 1.82) is 0 Å². The van der Waals surface area contributed by atoms with Crippen molar-refractivity contribution in [2.75, 3.05) is 13.2 Å². The summed E-state index contributed by atoms with van der Waals surface area (Å²) >= 11 is 9.46. The van der Waals surface area contributed by atoms with E-state index in [1.807, 2.05) is 0 Å². The number of nitrogens with zero attached hydrogens (tertiary/aromatic N) is 1. The number of hydrogen-bond acceptors (Lipinski definition) is 5. The number of hydrogen-bond donors (Lipinski definition) is 2. The normalized spacial score (nSPS) is 10.6. The fourth-order valence-electron chi connectivity index (χ4n) is 2.07. The number of hydrazone groups is 1. The van der Waals surface area contributed by atoms with Crippen molar-refractivity contribution in [2.24, 2.45) is 5.10 Å². The first-order valence-electron chi connectivity index (χ1n) is 7.81. The Bertz CT molecular complexity index is 873. The quantitative estimate of drug-likeness (QED) is 0.467. The highest BCUT2D eigenvalue weighted by Crippen LogP contribution is 2.36. The van der Waals surface area contributed by atoms with Crippen LogP contribution in [0.5, 0.6) is 11.5 Å². The fourth-order valence-corrected chi connectivity index (χ4v) is 2.81. The Morgan fingerprint density at radius 1 is 1.30 bits per heavy atom. The molecule has 9 heteroatoms. The molecule has 0 aliphatic carbocycles. The average molecular weight is 456 g/mol. The zero-order valence-electron chi connectivity index (χ0n) is 14.2. The number of nitrogens with one attached hydrogen (secondary N) is 1. The van der Waals surface area contributed by atoms with Crippen LogP contribution in [0.25, 0.3) is 0 Å². The number of carboxylic acids is 1. The largest absolute Gasteiger partial charge is 0.490 e. The van der Waals surface area contributed by atoms with Crippen LogP contribution in [0.2, 0.25) is 5.02 Å². The van der Waals surface area contributed by atoms with Gasteiger partial charge in [-0.3, -0.25) is 4.79 Å². The third kappa shape index (κ3) is 5.97. The minimum atomic E-state index is -1.13. The highest BCUT2D eigenvalue weighted by atomic mass is 79.9. The van der Waals surface area contributed by atoms with Crippen molar-refractivity contribution in [3.63, 3.8) is 0 Å². The van der Waals surface area contributed by atoms with Crippen molar-refractivity contribution < 1.29 is 24.2 Å². The van der Waals surface area contributed by atoms with Crippen LogP contribution < -0.4 is 14.9 Å². The van der Waals surface area contributed by atoms with Gasteiger partial charge < -0.3 is 14.6 Å². The summed E-state index contributed by atoms with van der Waals surface area (Å²) in [7, 11) is 0. The molecule has 2 rings (SSSR count). The van der Waals surface area contributed by atoms with E-state index < -0.39 is 12.6 Å². The van der Waals surface area contributed by atoms with Crippen LogP contribution in [0.3, 0.4) is 0 Å². The van der Waals surface area contributed by atoms with E-state index in [1.165, 1.54) is 12.3 Å². The van der Waals surface area contributed by atoms with E-state index >= 15 is 0 Å². The van der Waals surface area contributed by atoms with Crippen molar-refractivity contribution in [3.8, 4) is 11.5 Å². The molecule has 0 bridgehead atoms. The lowest BCUT2D eigenvalue weighted by atomic mass is 10.2. The summed E-state index contributed by atoms with van der Waals surface area (Å²) in [6.45, 7) is 1.56. The Hall–Kier alpha value is -2.58. The van der Waals surface area contributed by atoms with Gasteiger partial charge in [-0.25, -0.2) is 10.2 Å². The molecule has 142 valence electrons. The van der Waals surface area contributed by atoms with Crippen LogP contribution in [-0.4, -0.2) is 36.4 Å². The number of carbonyl (C=O) groups excluding carboxylic acids is 1. The number of amides is 1. The first-order valence-corrected chi connectivity index (χ1v) is 8.98. The first-order chi connectivity index (χ1) is 12.9. The number of aliphatic carboxylic acids is 1. The van der Waals surface area contributed by atoms with E-state index in [0.29, 0.717) is 22.2 Å². The molecule has 0 radical (unpaired) electrons. The predicted molar refractivity (Wildman–Crippen MR) is 105 cm³/mol. The maximum atomic E-state index is 12.1. The minimum Gasteiger partial charge on any atom is -0.490 e. The van der Waals surface area contributed by atoms with Gasteiger partial charge in [0.15, 0.2) is 18.1 Å². The van der Waals surface area contributed by atoms with Crippen molar-refractivity contribution in [1.82, 2.24) is 5.43 Å². The van der Waals surface area contributed by atoms with Crippen LogP contribution in [-0.2, 0) is 4.79 Å². The molecule has 27 heavy (non-hydrogen) atoms. The van der Waals surface area contributed by atoms with Gasteiger partial charge in [-0.15, -0.1) is 0 Å². The SMILES string of the molecule is CCOc1cc(/C=N\NC(=O)c2ccccc2Br)cc(Cl)c1OCC(=O)O. The Labute approximate surface area is 169 Å². The summed E-state index contributed by atoms with van der Waals surface area (Å²) in [5.41, 5.74) is 3.41. The van der Waals surface area contributed by atoms with Gasteiger partial charge in [0.25, 0.3) is 5.91 Å². The Morgan fingerprint density at radius 2 is 2.04 bits per heavy atom. The van der Waals surface area contributed by atoms with Gasteiger partial charge >= 0.3 is 5.97 Å². The summed E-state index contributed by atoms with van der Waals surface area (Å²) in [4.78, 5) is 22.8. The standard InChI is InChI=1S/C18H16BrClN2O5/c1-2-26-15-8-11(7-14(20)17(15)27-10-16(23)24)9-21-22-18(25)12-5-3-4-6-13(12)19/h3-9H,2,10H2,1H3,(H,22,25)(H,23,24)/b21-9-. The van der Waals surface area contributed by atoms with Crippen LogP contribution >= 0.6 is 27.5 Å². The van der Waals surface area contributed by atoms with E-state index in [0.717, 1.165) is 0 Å². The first kappa shape index (κ1) is 20.7. The maximum absolute atomic E-state index is 12.1. The highest BCUT2D eigenvalue weighted by Gasteiger charge is 2.14. The van der Waals surface area contributed by atoms with Crippen molar-refractivity contribution in [3.05, 3.63) is 57.0 Å². The van der Waals surface area contributed by atoms with Gasteiger partial charge in [-0.2, -0.15) is 5.10 Å². The van der Waals surface area contributed by atoms with E-state index in [2.05, 4.69) is 26.5 Å². The Kier molecular flexibility index (Phi) is 7.63. The van der Waals surface area contributed by atoms with Gasteiger partial charge in [0, 0.05) is 4.47 Å². The third-order valence-corrected chi connectivity index (χ3v) is 4.14. The molecule has 1 amide bonds. The second-order valence-electron chi connectivity index (χ2n) is 5.12. The molecule has 2 aromatic rings. The molecule has 0 fully saturated rings. The zero-order valence-corrected chi connectivity index (χ0v) is 16.6. The Balaban J connectivity index is 2.15. The van der Waals surface area contributed by atoms with Crippen LogP contribution in [0.1, 0.15) is 22.8 Å². The van der Waals surface area contributed by atoms with Crippen LogP contribution in [0, 0.1) is 0 Å². The van der Waals surface area contributed by atoms with Crippen LogP contribution in [0.4, 0.5) is 0 Å². The van der Waals surface area contributed by atoms with E-state index in [4.69, 9.17) is 26.2 Å². The summed E-state index contributed by atoms with van der Waals surface area (Å²) in [6, 6.07) is 10.1. The molecule has 0 saturated heterocycles. The molecule has 0 aliphatic rings. The van der Waals surface area contributed by atoms with Gasteiger partial charge in [0.05, 0.1) is 23.4 Å². The van der Waals surface area contributed by atoms with E-state index in [1.54, 1.807) is 37.3 Å². The molecule has 0 aromatic heterocycles. The molecule has 2 N–H and O–H groups in total. The molecule has 0 saturated carbocycles. The number of rotatable bonds is 8. The molecule has 2 aromatic carbocycles. The molecule has 0 atom stereocenters. The van der Waals surface area contributed by atoms with Gasteiger partial charge in [-0.05, 0) is 52.7 Å². The van der Waals surface area contributed by atoms with Gasteiger partial charge in [0.1, 0.15) is 0 Å². The summed E-state index contributed by atoms with van der Waals surface area (Å²) in [6.07, 6.45) is 1.39. The molecular formula is C18H16BrClN2O5. The summed E-state index contributed by atoms with van der Waals surface area (Å²) in [5.74, 6) is -1.09. The predicted octanol–water partition coefficient (Wildman–Crippen LogP) is 3.73. The Morgan fingerprint density at radius 3 is 2.70 bits per heavy atom. The fraction of sp³-hybridized carbons (Fsp3) is 0.167. The van der Waals surface area contributed by atoms with Gasteiger partial charge in [0.2, 0.25) is 0 Å². The topological polar surface area (TPSA) is 97.2 Å². The monoisotopic (exact) mass is 454 g/mol. The van der Waals surface area contributed by atoms with Gasteiger partial charge in [-0.1, -0.05) is 23.7 Å². The second-order valence-corrected chi connectivity index (χ2v) is 6.39. The maximum Gasteiger partial charge on any atom is 0.341 e. The smallest absolute Gasteiger partial charge is 0.341 e. The summed E-state index contributed by atoms with van der Waals surface area (Å²) in [5, 5.41) is 12.8. The lowest BCUT2D eigenvalue weighted by Gasteiger charge is -2.13. The van der Waals surface area contributed by atoms with E-state index in [9.17, 15) is 9.59 Å². The number of halogens is 2. The number of carbonyl (C=O) groups is 2. The van der Waals surface area contributed by atoms with Crippen molar-refractivity contribution in [2.45, 2.75) is 6.92 Å². The van der Waals surface area contributed by atoms with Crippen molar-refractivity contribution >= 4 is 45.6 Å². The number of ether oxygens (including phenoxy) is 2. The zero-order chi connectivity index (χ0) is 19.8. The molecular weight excluding hydrogens is 440 g/mol. The lowest BCUT2D eigenvalue weighted by molar-refractivity contribution is -0.139. The molecule has 7 nitrogen and oxygen atoms in total.